The maximum atomic E-state index is 12.9. The Hall–Kier alpha value is -4.68. The van der Waals surface area contributed by atoms with E-state index in [-0.39, 0.29) is 5.91 Å². The van der Waals surface area contributed by atoms with Crippen molar-refractivity contribution in [3.63, 3.8) is 0 Å². The van der Waals surface area contributed by atoms with Gasteiger partial charge < -0.3 is 21.0 Å². The first kappa shape index (κ1) is 25.9. The third-order valence-corrected chi connectivity index (χ3v) is 6.39. The number of benzene rings is 1. The van der Waals surface area contributed by atoms with E-state index in [1.165, 1.54) is 12.7 Å². The standard InChI is InChI=1S/C27H31N11O/c1-18(2)22-13-20(7-8-28-22)26(39)33-21-6-5-19(3)23(14-21)34-27-31-17-32-38(27)25-15-24(29-16-30-25)35-37-11-9-36(4)10-12-37/h5-8,13-17H,1,9-12H2,2-4H3,(H,33,39)(H,29,30,35)(H,31,32,34). The number of pyridine rings is 1. The monoisotopic (exact) mass is 525 g/mol. The molecule has 12 nitrogen and oxygen atoms in total. The van der Waals surface area contributed by atoms with Crippen LogP contribution in [0.15, 0.2) is 61.8 Å². The van der Waals surface area contributed by atoms with Gasteiger partial charge in [-0.2, -0.15) is 14.8 Å². The summed E-state index contributed by atoms with van der Waals surface area (Å²) < 4.78 is 1.61. The van der Waals surface area contributed by atoms with Crippen LogP contribution in [0.4, 0.5) is 23.1 Å². The van der Waals surface area contributed by atoms with Gasteiger partial charge in [-0.25, -0.2) is 15.0 Å². The Balaban J connectivity index is 1.31. The minimum Gasteiger partial charge on any atom is -0.324 e. The summed E-state index contributed by atoms with van der Waals surface area (Å²) in [7, 11) is 2.12. The van der Waals surface area contributed by atoms with E-state index in [1.54, 1.807) is 23.0 Å². The number of amides is 1. The third kappa shape index (κ3) is 6.25. The third-order valence-electron chi connectivity index (χ3n) is 6.39. The van der Waals surface area contributed by atoms with Gasteiger partial charge >= 0.3 is 0 Å². The van der Waals surface area contributed by atoms with Gasteiger partial charge in [0.05, 0.1) is 5.69 Å². The molecule has 3 N–H and O–H groups in total. The number of hydrazine groups is 1. The molecule has 1 saturated heterocycles. The fraction of sp³-hybridized carbons (Fsp3) is 0.259. The molecular weight excluding hydrogens is 494 g/mol. The number of rotatable bonds is 8. The van der Waals surface area contributed by atoms with Gasteiger partial charge in [-0.3, -0.25) is 9.78 Å². The summed E-state index contributed by atoms with van der Waals surface area (Å²) in [6, 6.07) is 10.9. The second kappa shape index (κ2) is 11.4. The van der Waals surface area contributed by atoms with Crippen LogP contribution in [0.3, 0.4) is 0 Å². The molecule has 0 bridgehead atoms. The van der Waals surface area contributed by atoms with Gasteiger partial charge in [-0.05, 0) is 56.3 Å². The lowest BCUT2D eigenvalue weighted by Gasteiger charge is -2.32. The van der Waals surface area contributed by atoms with Crippen LogP contribution in [0, 0.1) is 6.92 Å². The predicted octanol–water partition coefficient (Wildman–Crippen LogP) is 3.36. The molecule has 200 valence electrons. The van der Waals surface area contributed by atoms with Crippen molar-refractivity contribution in [2.45, 2.75) is 13.8 Å². The van der Waals surface area contributed by atoms with Gasteiger partial charge in [-0.1, -0.05) is 12.6 Å². The summed E-state index contributed by atoms with van der Waals surface area (Å²) in [6.07, 6.45) is 4.56. The Morgan fingerprint density at radius 2 is 1.79 bits per heavy atom. The summed E-state index contributed by atoms with van der Waals surface area (Å²) in [6.45, 7) is 11.5. The first-order chi connectivity index (χ1) is 18.9. The smallest absolute Gasteiger partial charge is 0.255 e. The van der Waals surface area contributed by atoms with Crippen LogP contribution < -0.4 is 16.1 Å². The van der Waals surface area contributed by atoms with E-state index in [4.69, 9.17) is 0 Å². The number of nitrogens with one attached hydrogen (secondary N) is 3. The molecule has 0 radical (unpaired) electrons. The number of allylic oxidation sites excluding steroid dienone is 1. The minimum atomic E-state index is -0.237. The first-order valence-electron chi connectivity index (χ1n) is 12.6. The van der Waals surface area contributed by atoms with Crippen molar-refractivity contribution >= 4 is 34.6 Å². The second-order valence-corrected chi connectivity index (χ2v) is 9.48. The number of aryl methyl sites for hydroxylation is 1. The molecule has 4 heterocycles. The van der Waals surface area contributed by atoms with Crippen LogP contribution >= 0.6 is 0 Å². The van der Waals surface area contributed by atoms with Crippen molar-refractivity contribution in [2.24, 2.45) is 0 Å². The number of carbonyl (C=O) groups excluding carboxylic acids is 1. The predicted molar refractivity (Wildman–Crippen MR) is 151 cm³/mol. The fourth-order valence-corrected chi connectivity index (χ4v) is 4.06. The zero-order valence-corrected chi connectivity index (χ0v) is 22.2. The Morgan fingerprint density at radius 1 is 0.974 bits per heavy atom. The molecule has 12 heteroatoms. The molecule has 0 spiro atoms. The van der Waals surface area contributed by atoms with Crippen molar-refractivity contribution in [3.05, 3.63) is 78.6 Å². The molecule has 1 fully saturated rings. The van der Waals surface area contributed by atoms with Gasteiger partial charge in [0.25, 0.3) is 5.91 Å². The van der Waals surface area contributed by atoms with Gasteiger partial charge in [0.15, 0.2) is 5.82 Å². The van der Waals surface area contributed by atoms with E-state index >= 15 is 0 Å². The number of nitrogens with zero attached hydrogens (tertiary/aromatic N) is 8. The van der Waals surface area contributed by atoms with Crippen LogP contribution in [0.25, 0.3) is 11.4 Å². The highest BCUT2D eigenvalue weighted by molar-refractivity contribution is 6.04. The van der Waals surface area contributed by atoms with Gasteiger partial charge in [-0.15, -0.1) is 0 Å². The zero-order valence-electron chi connectivity index (χ0n) is 22.2. The van der Waals surface area contributed by atoms with Gasteiger partial charge in [0, 0.05) is 55.4 Å². The average Bonchev–Trinajstić information content (AvgIpc) is 3.40. The summed E-state index contributed by atoms with van der Waals surface area (Å²) in [4.78, 5) is 32.6. The number of piperazine rings is 1. The Kier molecular flexibility index (Phi) is 7.57. The molecule has 4 aromatic rings. The quantitative estimate of drug-likeness (QED) is 0.315. The highest BCUT2D eigenvalue weighted by atomic mass is 16.1. The molecule has 0 atom stereocenters. The van der Waals surface area contributed by atoms with Crippen LogP contribution in [0.1, 0.15) is 28.5 Å². The lowest BCUT2D eigenvalue weighted by atomic mass is 10.1. The van der Waals surface area contributed by atoms with Crippen LogP contribution in [0.2, 0.25) is 0 Å². The topological polar surface area (TPSA) is 129 Å². The van der Waals surface area contributed by atoms with E-state index in [2.05, 4.69) is 64.6 Å². The largest absolute Gasteiger partial charge is 0.324 e. The van der Waals surface area contributed by atoms with Crippen molar-refractivity contribution in [2.75, 3.05) is 49.3 Å². The van der Waals surface area contributed by atoms with E-state index in [0.717, 1.165) is 43.0 Å². The number of anilines is 4. The highest BCUT2D eigenvalue weighted by Gasteiger charge is 2.16. The van der Waals surface area contributed by atoms with Crippen molar-refractivity contribution in [1.29, 1.82) is 0 Å². The van der Waals surface area contributed by atoms with Gasteiger partial charge in [0.1, 0.15) is 18.5 Å². The van der Waals surface area contributed by atoms with Crippen LogP contribution in [-0.4, -0.2) is 78.8 Å². The molecule has 0 aliphatic carbocycles. The van der Waals surface area contributed by atoms with Gasteiger partial charge in [0.2, 0.25) is 5.95 Å². The van der Waals surface area contributed by atoms with Crippen LogP contribution in [-0.2, 0) is 0 Å². The SMILES string of the molecule is C=C(C)c1cc(C(=O)Nc2ccc(C)c(Nc3ncnn3-c3cc(NN4CCN(C)CC4)ncn3)c2)ccn1. The van der Waals surface area contributed by atoms with Crippen LogP contribution in [0.5, 0.6) is 0 Å². The molecule has 39 heavy (non-hydrogen) atoms. The van der Waals surface area contributed by atoms with E-state index in [9.17, 15) is 4.79 Å². The Labute approximate surface area is 226 Å². The summed E-state index contributed by atoms with van der Waals surface area (Å²) >= 11 is 0. The second-order valence-electron chi connectivity index (χ2n) is 9.48. The summed E-state index contributed by atoms with van der Waals surface area (Å²) in [5.41, 5.74) is 7.70. The summed E-state index contributed by atoms with van der Waals surface area (Å²) in [5.74, 6) is 1.48. The number of carbonyl (C=O) groups is 1. The summed E-state index contributed by atoms with van der Waals surface area (Å²) in [5, 5.41) is 12.8. The number of likely N-dealkylation sites (N-methyl/N-ethyl adjacent to an activating group) is 1. The molecule has 1 amide bonds. The molecule has 1 aliphatic heterocycles. The number of aromatic nitrogens is 6. The maximum absolute atomic E-state index is 12.9. The average molecular weight is 526 g/mol. The molecule has 1 aromatic carbocycles. The normalized spacial score (nSPS) is 14.1. The molecular formula is C27H31N11O. The van der Waals surface area contributed by atoms with E-state index in [1.807, 2.05) is 38.1 Å². The highest BCUT2D eigenvalue weighted by Crippen LogP contribution is 2.25. The lowest BCUT2D eigenvalue weighted by molar-refractivity contribution is 0.102. The lowest BCUT2D eigenvalue weighted by Crippen LogP contribution is -2.47. The molecule has 5 rings (SSSR count). The Morgan fingerprint density at radius 3 is 2.59 bits per heavy atom. The first-order valence-corrected chi connectivity index (χ1v) is 12.6. The molecule has 0 saturated carbocycles. The van der Waals surface area contributed by atoms with Crippen molar-refractivity contribution < 1.29 is 4.79 Å². The Bertz CT molecular complexity index is 1490. The maximum Gasteiger partial charge on any atom is 0.255 e. The molecule has 3 aromatic heterocycles. The van der Waals surface area contributed by atoms with E-state index < -0.39 is 0 Å². The number of hydrogen-bond acceptors (Lipinski definition) is 10. The molecule has 0 unspecified atom stereocenters. The van der Waals surface area contributed by atoms with Crippen molar-refractivity contribution in [3.8, 4) is 5.82 Å². The van der Waals surface area contributed by atoms with E-state index in [0.29, 0.717) is 34.5 Å². The fourth-order valence-electron chi connectivity index (χ4n) is 4.06. The minimum absolute atomic E-state index is 0.237. The zero-order chi connectivity index (χ0) is 27.4. The molecule has 1 aliphatic rings. The number of hydrogen-bond donors (Lipinski definition) is 3. The van der Waals surface area contributed by atoms with Crippen molar-refractivity contribution in [1.82, 2.24) is 39.6 Å².